The second-order valence-corrected chi connectivity index (χ2v) is 5.89. The molecule has 1 aliphatic rings. The Balaban J connectivity index is 1.92. The SMILES string of the molecule is Cc1nn(C)c(C)c1C1COCCN1C(=O)c1cnc(C(=O)O)cn1. The summed E-state index contributed by atoms with van der Waals surface area (Å²) in [6.07, 6.45) is 2.28. The maximum atomic E-state index is 12.9. The zero-order valence-corrected chi connectivity index (χ0v) is 14.3. The van der Waals surface area contributed by atoms with Crippen LogP contribution in [-0.2, 0) is 11.8 Å². The Morgan fingerprint density at radius 3 is 2.48 bits per heavy atom. The molecule has 0 saturated carbocycles. The van der Waals surface area contributed by atoms with Gasteiger partial charge in [-0.05, 0) is 13.8 Å². The van der Waals surface area contributed by atoms with Crippen LogP contribution in [-0.4, -0.2) is 61.4 Å². The van der Waals surface area contributed by atoms with Gasteiger partial charge in [-0.3, -0.25) is 9.48 Å². The van der Waals surface area contributed by atoms with E-state index in [2.05, 4.69) is 15.1 Å². The summed E-state index contributed by atoms with van der Waals surface area (Å²) in [5, 5.41) is 13.3. The standard InChI is InChI=1S/C16H19N5O4/c1-9-14(10(2)20(3)19-9)13-8-25-5-4-21(13)15(22)11-6-18-12(7-17-11)16(23)24/h6-7,13H,4-5,8H2,1-3H3,(H,23,24). The number of hydrogen-bond donors (Lipinski definition) is 1. The highest BCUT2D eigenvalue weighted by atomic mass is 16.5. The average Bonchev–Trinajstić information content (AvgIpc) is 2.86. The molecule has 1 aliphatic heterocycles. The third-order valence-electron chi connectivity index (χ3n) is 4.38. The van der Waals surface area contributed by atoms with E-state index in [1.807, 2.05) is 20.9 Å². The first-order valence-electron chi connectivity index (χ1n) is 7.84. The fourth-order valence-corrected chi connectivity index (χ4v) is 3.05. The first-order valence-corrected chi connectivity index (χ1v) is 7.84. The number of amides is 1. The number of aromatic nitrogens is 4. The quantitative estimate of drug-likeness (QED) is 0.873. The largest absolute Gasteiger partial charge is 0.476 e. The number of ether oxygens (including phenoxy) is 1. The molecule has 1 saturated heterocycles. The molecule has 1 N–H and O–H groups in total. The maximum absolute atomic E-state index is 12.9. The number of carbonyl (C=O) groups excluding carboxylic acids is 1. The van der Waals surface area contributed by atoms with Gasteiger partial charge >= 0.3 is 5.97 Å². The number of carboxylic acids is 1. The predicted octanol–water partition coefficient (Wildman–Crippen LogP) is 0.739. The Bertz CT molecular complexity index is 815. The Morgan fingerprint density at radius 1 is 1.24 bits per heavy atom. The summed E-state index contributed by atoms with van der Waals surface area (Å²) < 4.78 is 7.36. The van der Waals surface area contributed by atoms with Crippen molar-refractivity contribution in [3.8, 4) is 0 Å². The van der Waals surface area contributed by atoms with Crippen LogP contribution in [0, 0.1) is 13.8 Å². The van der Waals surface area contributed by atoms with Crippen LogP contribution in [0.15, 0.2) is 12.4 Å². The Kier molecular flexibility index (Phi) is 4.49. The van der Waals surface area contributed by atoms with Gasteiger partial charge in [-0.2, -0.15) is 5.10 Å². The molecule has 132 valence electrons. The van der Waals surface area contributed by atoms with Crippen molar-refractivity contribution >= 4 is 11.9 Å². The van der Waals surface area contributed by atoms with Crippen molar-refractivity contribution < 1.29 is 19.4 Å². The molecule has 25 heavy (non-hydrogen) atoms. The monoisotopic (exact) mass is 345 g/mol. The molecular weight excluding hydrogens is 326 g/mol. The number of rotatable bonds is 3. The Morgan fingerprint density at radius 2 is 1.92 bits per heavy atom. The molecule has 0 radical (unpaired) electrons. The highest BCUT2D eigenvalue weighted by Gasteiger charge is 2.33. The number of nitrogens with zero attached hydrogens (tertiary/aromatic N) is 5. The van der Waals surface area contributed by atoms with E-state index in [0.29, 0.717) is 19.8 Å². The number of morpholine rings is 1. The predicted molar refractivity (Wildman–Crippen MR) is 86.3 cm³/mol. The van der Waals surface area contributed by atoms with Crippen molar-refractivity contribution in [2.45, 2.75) is 19.9 Å². The number of hydrogen-bond acceptors (Lipinski definition) is 6. The molecule has 0 aliphatic carbocycles. The highest BCUT2D eigenvalue weighted by molar-refractivity contribution is 5.93. The smallest absolute Gasteiger partial charge is 0.356 e. The lowest BCUT2D eigenvalue weighted by Crippen LogP contribution is -2.44. The second kappa shape index (κ2) is 6.60. The summed E-state index contributed by atoms with van der Waals surface area (Å²) in [6.45, 7) is 5.08. The zero-order valence-electron chi connectivity index (χ0n) is 14.3. The molecule has 0 bridgehead atoms. The van der Waals surface area contributed by atoms with Crippen LogP contribution in [0.4, 0.5) is 0 Å². The Labute approximate surface area is 144 Å². The summed E-state index contributed by atoms with van der Waals surface area (Å²) in [4.78, 5) is 33.2. The van der Waals surface area contributed by atoms with Crippen molar-refractivity contribution in [1.82, 2.24) is 24.6 Å². The molecule has 2 aromatic heterocycles. The molecule has 9 heteroatoms. The van der Waals surface area contributed by atoms with Gasteiger partial charge in [-0.15, -0.1) is 0 Å². The van der Waals surface area contributed by atoms with Crippen LogP contribution < -0.4 is 0 Å². The summed E-state index contributed by atoms with van der Waals surface area (Å²) in [6, 6.07) is -0.268. The van der Waals surface area contributed by atoms with Gasteiger partial charge in [0, 0.05) is 24.8 Å². The van der Waals surface area contributed by atoms with Gasteiger partial charge in [0.05, 0.1) is 37.3 Å². The minimum absolute atomic E-state index is 0.107. The average molecular weight is 345 g/mol. The molecule has 0 spiro atoms. The zero-order chi connectivity index (χ0) is 18.1. The minimum Gasteiger partial charge on any atom is -0.476 e. The summed E-state index contributed by atoms with van der Waals surface area (Å²) in [7, 11) is 1.86. The van der Waals surface area contributed by atoms with Crippen LogP contribution in [0.25, 0.3) is 0 Å². The van der Waals surface area contributed by atoms with Gasteiger partial charge in [0.15, 0.2) is 5.69 Å². The molecule has 1 amide bonds. The molecule has 1 fully saturated rings. The number of aromatic carboxylic acids is 1. The van der Waals surface area contributed by atoms with E-state index in [9.17, 15) is 9.59 Å². The number of aryl methyl sites for hydroxylation is 2. The molecule has 3 heterocycles. The minimum atomic E-state index is -1.18. The fourth-order valence-electron chi connectivity index (χ4n) is 3.05. The van der Waals surface area contributed by atoms with Crippen molar-refractivity contribution in [1.29, 1.82) is 0 Å². The fraction of sp³-hybridized carbons (Fsp3) is 0.438. The second-order valence-electron chi connectivity index (χ2n) is 5.89. The lowest BCUT2D eigenvalue weighted by molar-refractivity contribution is -0.00339. The lowest BCUT2D eigenvalue weighted by atomic mass is 10.0. The van der Waals surface area contributed by atoms with Gasteiger partial charge in [0.25, 0.3) is 5.91 Å². The van der Waals surface area contributed by atoms with Crippen LogP contribution in [0.1, 0.15) is 44.0 Å². The molecule has 1 unspecified atom stereocenters. The third-order valence-corrected chi connectivity index (χ3v) is 4.38. The lowest BCUT2D eigenvalue weighted by Gasteiger charge is -2.35. The van der Waals surface area contributed by atoms with Gasteiger partial charge in [-0.1, -0.05) is 0 Å². The van der Waals surface area contributed by atoms with Crippen molar-refractivity contribution in [2.75, 3.05) is 19.8 Å². The molecule has 2 aromatic rings. The van der Waals surface area contributed by atoms with E-state index in [4.69, 9.17) is 9.84 Å². The third kappa shape index (κ3) is 3.10. The highest BCUT2D eigenvalue weighted by Crippen LogP contribution is 2.30. The van der Waals surface area contributed by atoms with E-state index < -0.39 is 5.97 Å². The molecule has 0 aromatic carbocycles. The number of carboxylic acid groups (broad SMARTS) is 1. The van der Waals surface area contributed by atoms with Gasteiger partial charge in [-0.25, -0.2) is 14.8 Å². The van der Waals surface area contributed by atoms with Gasteiger partial charge in [0.1, 0.15) is 5.69 Å². The number of carbonyl (C=O) groups is 2. The summed E-state index contributed by atoms with van der Waals surface area (Å²) >= 11 is 0. The molecule has 3 rings (SSSR count). The summed E-state index contributed by atoms with van der Waals surface area (Å²) in [5.74, 6) is -1.49. The molecule has 1 atom stereocenters. The van der Waals surface area contributed by atoms with Crippen molar-refractivity contribution in [2.24, 2.45) is 7.05 Å². The molecule has 9 nitrogen and oxygen atoms in total. The van der Waals surface area contributed by atoms with Crippen molar-refractivity contribution in [3.63, 3.8) is 0 Å². The first kappa shape index (κ1) is 17.0. The first-order chi connectivity index (χ1) is 11.9. The van der Waals surface area contributed by atoms with E-state index >= 15 is 0 Å². The van der Waals surface area contributed by atoms with Crippen LogP contribution in [0.3, 0.4) is 0 Å². The molecular formula is C16H19N5O4. The van der Waals surface area contributed by atoms with E-state index in [1.54, 1.807) is 9.58 Å². The van der Waals surface area contributed by atoms with Crippen LogP contribution >= 0.6 is 0 Å². The maximum Gasteiger partial charge on any atom is 0.356 e. The van der Waals surface area contributed by atoms with E-state index in [1.165, 1.54) is 6.20 Å². The summed E-state index contributed by atoms with van der Waals surface area (Å²) in [5.41, 5.74) is 2.69. The van der Waals surface area contributed by atoms with E-state index in [-0.39, 0.29) is 23.3 Å². The Hall–Kier alpha value is -2.81. The normalized spacial score (nSPS) is 17.6. The topological polar surface area (TPSA) is 110 Å². The van der Waals surface area contributed by atoms with Crippen molar-refractivity contribution in [3.05, 3.63) is 40.7 Å². The van der Waals surface area contributed by atoms with Gasteiger partial charge < -0.3 is 14.7 Å². The van der Waals surface area contributed by atoms with Gasteiger partial charge in [0.2, 0.25) is 0 Å². The van der Waals surface area contributed by atoms with Crippen LogP contribution in [0.5, 0.6) is 0 Å². The van der Waals surface area contributed by atoms with E-state index in [0.717, 1.165) is 23.1 Å². The van der Waals surface area contributed by atoms with Crippen LogP contribution in [0.2, 0.25) is 0 Å².